The van der Waals surface area contributed by atoms with Crippen molar-refractivity contribution in [1.29, 1.82) is 0 Å². The van der Waals surface area contributed by atoms with Gasteiger partial charge in [0.2, 0.25) is 0 Å². The number of pyridine rings is 1. The lowest BCUT2D eigenvalue weighted by atomic mass is 9.82. The Morgan fingerprint density at radius 3 is 3.08 bits per heavy atom. The number of rotatable bonds is 5. The first-order chi connectivity index (χ1) is 11.8. The summed E-state index contributed by atoms with van der Waals surface area (Å²) in [7, 11) is 0. The van der Waals surface area contributed by atoms with E-state index in [0.29, 0.717) is 38.9 Å². The molecule has 1 amide bonds. The van der Waals surface area contributed by atoms with Crippen molar-refractivity contribution in [2.75, 3.05) is 32.9 Å². The first-order valence-corrected chi connectivity index (χ1v) is 9.02. The molecule has 4 heterocycles. The van der Waals surface area contributed by atoms with Gasteiger partial charge in [-0.05, 0) is 29.1 Å². The van der Waals surface area contributed by atoms with Crippen molar-refractivity contribution >= 4 is 17.2 Å². The maximum Gasteiger partial charge on any atom is 0.263 e. The van der Waals surface area contributed by atoms with Gasteiger partial charge in [0.25, 0.3) is 5.91 Å². The number of nitrogens with zero attached hydrogens (tertiary/aromatic N) is 2. The van der Waals surface area contributed by atoms with E-state index in [0.717, 1.165) is 17.0 Å². The van der Waals surface area contributed by atoms with Crippen LogP contribution in [0.5, 0.6) is 0 Å². The number of fused-ring (bicyclic) bond motifs is 1. The van der Waals surface area contributed by atoms with Gasteiger partial charge in [-0.25, -0.2) is 0 Å². The van der Waals surface area contributed by atoms with Crippen LogP contribution in [-0.4, -0.2) is 48.7 Å². The van der Waals surface area contributed by atoms with Gasteiger partial charge in [-0.15, -0.1) is 11.3 Å². The van der Waals surface area contributed by atoms with E-state index < -0.39 is 0 Å². The fourth-order valence-corrected chi connectivity index (χ4v) is 4.29. The Morgan fingerprint density at radius 1 is 1.42 bits per heavy atom. The molecule has 0 radical (unpaired) electrons. The van der Waals surface area contributed by atoms with Gasteiger partial charge in [0.05, 0.1) is 31.3 Å². The molecule has 4 rings (SSSR count). The Kier molecular flexibility index (Phi) is 4.35. The molecular formula is C18H20N2O3S. The van der Waals surface area contributed by atoms with Crippen LogP contribution in [0.2, 0.25) is 0 Å². The van der Waals surface area contributed by atoms with Crippen LogP contribution in [0.3, 0.4) is 0 Å². The van der Waals surface area contributed by atoms with Gasteiger partial charge in [0.1, 0.15) is 0 Å². The second-order valence-corrected chi connectivity index (χ2v) is 7.53. The van der Waals surface area contributed by atoms with E-state index in [-0.39, 0.29) is 11.3 Å². The summed E-state index contributed by atoms with van der Waals surface area (Å²) in [6.45, 7) is 4.04. The Balaban J connectivity index is 1.40. The molecule has 0 aromatic carbocycles. The molecule has 0 unspecified atom stereocenters. The smallest absolute Gasteiger partial charge is 0.263 e. The zero-order valence-electron chi connectivity index (χ0n) is 13.4. The summed E-state index contributed by atoms with van der Waals surface area (Å²) in [4.78, 5) is 19.4. The summed E-state index contributed by atoms with van der Waals surface area (Å²) in [5, 5.41) is 1.95. The first-order valence-electron chi connectivity index (χ1n) is 8.14. The van der Waals surface area contributed by atoms with Crippen molar-refractivity contribution in [2.24, 2.45) is 11.3 Å². The summed E-state index contributed by atoms with van der Waals surface area (Å²) in [6, 6.07) is 7.73. The molecule has 6 heteroatoms. The summed E-state index contributed by atoms with van der Waals surface area (Å²) in [5.74, 6) is 0.492. The third-order valence-electron chi connectivity index (χ3n) is 4.95. The number of aromatic nitrogens is 1. The Bertz CT molecular complexity index is 692. The lowest BCUT2D eigenvalue weighted by Gasteiger charge is -2.26. The van der Waals surface area contributed by atoms with Crippen molar-refractivity contribution in [3.63, 3.8) is 0 Å². The van der Waals surface area contributed by atoms with Crippen LogP contribution in [0, 0.1) is 11.3 Å². The molecule has 5 nitrogen and oxygen atoms in total. The van der Waals surface area contributed by atoms with Gasteiger partial charge < -0.3 is 14.4 Å². The number of hydrogen-bond acceptors (Lipinski definition) is 5. The van der Waals surface area contributed by atoms with Gasteiger partial charge in [-0.2, -0.15) is 0 Å². The zero-order valence-corrected chi connectivity index (χ0v) is 14.2. The first kappa shape index (κ1) is 15.7. The summed E-state index contributed by atoms with van der Waals surface area (Å²) in [6.07, 6.45) is 3.55. The number of ether oxygens (including phenoxy) is 2. The third kappa shape index (κ3) is 2.97. The predicted octanol–water partition coefficient (Wildman–Crippen LogP) is 2.45. The van der Waals surface area contributed by atoms with Gasteiger partial charge in [-0.3, -0.25) is 9.78 Å². The van der Waals surface area contributed by atoms with E-state index in [4.69, 9.17) is 9.47 Å². The van der Waals surface area contributed by atoms with E-state index in [2.05, 4.69) is 4.98 Å². The number of carbonyl (C=O) groups excluding carboxylic acids is 1. The average molecular weight is 344 g/mol. The Labute approximate surface area is 145 Å². The molecule has 0 spiro atoms. The van der Waals surface area contributed by atoms with Crippen molar-refractivity contribution in [2.45, 2.75) is 6.61 Å². The lowest BCUT2D eigenvalue weighted by Crippen LogP contribution is -2.37. The number of carbonyl (C=O) groups is 1. The van der Waals surface area contributed by atoms with Crippen molar-refractivity contribution in [1.82, 2.24) is 9.88 Å². The lowest BCUT2D eigenvalue weighted by molar-refractivity contribution is 0.0186. The van der Waals surface area contributed by atoms with E-state index in [9.17, 15) is 4.79 Å². The predicted molar refractivity (Wildman–Crippen MR) is 90.9 cm³/mol. The van der Waals surface area contributed by atoms with Crippen LogP contribution in [0.15, 0.2) is 42.0 Å². The molecule has 0 N–H and O–H groups in total. The minimum absolute atomic E-state index is 0.0695. The molecule has 24 heavy (non-hydrogen) atoms. The molecule has 2 fully saturated rings. The quantitative estimate of drug-likeness (QED) is 0.836. The van der Waals surface area contributed by atoms with E-state index in [1.807, 2.05) is 34.5 Å². The van der Waals surface area contributed by atoms with Crippen LogP contribution >= 0.6 is 11.3 Å². The van der Waals surface area contributed by atoms with Gasteiger partial charge in [0, 0.05) is 36.8 Å². The molecule has 2 aromatic heterocycles. The Morgan fingerprint density at radius 2 is 2.29 bits per heavy atom. The SMILES string of the molecule is O=C(c1cccs1)N1C[C@@H]2COC[C@]2(COCc2ccncc2)C1. The normalized spacial score (nSPS) is 25.8. The molecule has 0 bridgehead atoms. The fourth-order valence-electron chi connectivity index (χ4n) is 3.60. The van der Waals surface area contributed by atoms with Gasteiger partial charge >= 0.3 is 0 Å². The topological polar surface area (TPSA) is 51.7 Å². The molecule has 126 valence electrons. The standard InChI is InChI=1S/C18H20N2O3S/c21-17(16-2-1-7-24-16)20-8-15-10-23-13-18(15,11-20)12-22-9-14-3-5-19-6-4-14/h1-7,15H,8-13H2/t15-,18-/m1/s1. The van der Waals surface area contributed by atoms with Crippen LogP contribution in [0.25, 0.3) is 0 Å². The highest BCUT2D eigenvalue weighted by atomic mass is 32.1. The van der Waals surface area contributed by atoms with E-state index in [1.54, 1.807) is 12.4 Å². The molecular weight excluding hydrogens is 324 g/mol. The largest absolute Gasteiger partial charge is 0.380 e. The van der Waals surface area contributed by atoms with E-state index >= 15 is 0 Å². The molecule has 2 aliphatic rings. The van der Waals surface area contributed by atoms with Crippen LogP contribution < -0.4 is 0 Å². The third-order valence-corrected chi connectivity index (χ3v) is 5.81. The van der Waals surface area contributed by atoms with E-state index in [1.165, 1.54) is 11.3 Å². The summed E-state index contributed by atoms with van der Waals surface area (Å²) >= 11 is 1.50. The van der Waals surface area contributed by atoms with Crippen LogP contribution in [0.4, 0.5) is 0 Å². The molecule has 0 saturated carbocycles. The monoisotopic (exact) mass is 344 g/mol. The number of amides is 1. The van der Waals surface area contributed by atoms with Crippen molar-refractivity contribution in [3.05, 3.63) is 52.5 Å². The molecule has 2 saturated heterocycles. The molecule has 0 aliphatic carbocycles. The van der Waals surface area contributed by atoms with Crippen molar-refractivity contribution < 1.29 is 14.3 Å². The number of hydrogen-bond donors (Lipinski definition) is 0. The zero-order chi connectivity index (χ0) is 16.4. The fraction of sp³-hybridized carbons (Fsp3) is 0.444. The minimum atomic E-state index is -0.0695. The highest BCUT2D eigenvalue weighted by molar-refractivity contribution is 7.12. The highest BCUT2D eigenvalue weighted by Crippen LogP contribution is 2.42. The maximum atomic E-state index is 12.6. The second kappa shape index (κ2) is 6.63. The number of thiophene rings is 1. The van der Waals surface area contributed by atoms with Gasteiger partial charge in [-0.1, -0.05) is 6.07 Å². The molecule has 2 aliphatic heterocycles. The van der Waals surface area contributed by atoms with Crippen molar-refractivity contribution in [3.8, 4) is 0 Å². The van der Waals surface area contributed by atoms with Gasteiger partial charge in [0.15, 0.2) is 0 Å². The average Bonchev–Trinajstić information content (AvgIpc) is 3.31. The Hall–Kier alpha value is -1.76. The maximum absolute atomic E-state index is 12.6. The van der Waals surface area contributed by atoms with Crippen LogP contribution in [0.1, 0.15) is 15.2 Å². The minimum Gasteiger partial charge on any atom is -0.380 e. The second-order valence-electron chi connectivity index (χ2n) is 6.59. The van der Waals surface area contributed by atoms with Crippen LogP contribution in [-0.2, 0) is 16.1 Å². The summed E-state index contributed by atoms with van der Waals surface area (Å²) < 4.78 is 11.7. The summed E-state index contributed by atoms with van der Waals surface area (Å²) in [5.41, 5.74) is 1.04. The molecule has 2 aromatic rings. The molecule has 2 atom stereocenters. The highest BCUT2D eigenvalue weighted by Gasteiger charge is 2.52. The number of likely N-dealkylation sites (tertiary alicyclic amines) is 1.